The Balaban J connectivity index is 1.81. The minimum absolute atomic E-state index is 0.0358. The predicted octanol–water partition coefficient (Wildman–Crippen LogP) is 0.748. The Bertz CT molecular complexity index is 472. The van der Waals surface area contributed by atoms with Crippen molar-refractivity contribution in [2.24, 2.45) is 10.9 Å². The van der Waals surface area contributed by atoms with Crippen molar-refractivity contribution >= 4 is 5.84 Å². The van der Waals surface area contributed by atoms with Crippen LogP contribution in [0.15, 0.2) is 23.5 Å². The van der Waals surface area contributed by atoms with Gasteiger partial charge in [0.25, 0.3) is 0 Å². The van der Waals surface area contributed by atoms with Gasteiger partial charge in [-0.25, -0.2) is 0 Å². The Kier molecular flexibility index (Phi) is 4.92. The topological polar surface area (TPSA) is 86.8 Å². The van der Waals surface area contributed by atoms with E-state index in [1.54, 1.807) is 6.20 Å². The van der Waals surface area contributed by atoms with Crippen LogP contribution in [0.5, 0.6) is 0 Å². The van der Waals surface area contributed by atoms with Gasteiger partial charge in [0.1, 0.15) is 5.69 Å². The van der Waals surface area contributed by atoms with Crippen LogP contribution < -0.4 is 11.1 Å². The molecule has 1 fully saturated rings. The first-order valence-electron chi connectivity index (χ1n) is 6.97. The molecule has 110 valence electrons. The second-order valence-electron chi connectivity index (χ2n) is 5.41. The summed E-state index contributed by atoms with van der Waals surface area (Å²) in [7, 11) is 2.19. The van der Waals surface area contributed by atoms with Crippen LogP contribution in [0.4, 0.5) is 0 Å². The number of amidine groups is 1. The zero-order valence-corrected chi connectivity index (χ0v) is 12.1. The molecule has 0 spiro atoms. The Hall–Kier alpha value is -1.66. The molecule has 1 heterocycles. The number of aromatic nitrogens is 1. The highest BCUT2D eigenvalue weighted by atomic mass is 16.4. The van der Waals surface area contributed by atoms with Crippen molar-refractivity contribution in [2.45, 2.75) is 38.4 Å². The summed E-state index contributed by atoms with van der Waals surface area (Å²) < 4.78 is 0. The van der Waals surface area contributed by atoms with E-state index in [0.717, 1.165) is 24.7 Å². The van der Waals surface area contributed by atoms with Gasteiger partial charge in [0, 0.05) is 31.4 Å². The van der Waals surface area contributed by atoms with Crippen LogP contribution in [0.1, 0.15) is 31.0 Å². The van der Waals surface area contributed by atoms with Crippen LogP contribution in [0, 0.1) is 0 Å². The Morgan fingerprint density at radius 1 is 1.65 bits per heavy atom. The van der Waals surface area contributed by atoms with Gasteiger partial charge in [0.15, 0.2) is 5.84 Å². The lowest BCUT2D eigenvalue weighted by Gasteiger charge is -2.24. The minimum atomic E-state index is 0.0358. The fourth-order valence-electron chi connectivity index (χ4n) is 2.19. The first kappa shape index (κ1) is 14.7. The van der Waals surface area contributed by atoms with Crippen molar-refractivity contribution in [1.82, 2.24) is 15.2 Å². The highest BCUT2D eigenvalue weighted by Gasteiger charge is 2.28. The maximum atomic E-state index is 8.65. The molecule has 4 N–H and O–H groups in total. The van der Waals surface area contributed by atoms with Crippen molar-refractivity contribution in [3.05, 3.63) is 29.6 Å². The van der Waals surface area contributed by atoms with E-state index < -0.39 is 0 Å². The summed E-state index contributed by atoms with van der Waals surface area (Å²) in [6.07, 6.45) is 4.33. The van der Waals surface area contributed by atoms with Crippen molar-refractivity contribution in [2.75, 3.05) is 13.6 Å². The standard InChI is InChI=1S/C14H23N5O/c1-10(19(2)12-3-4-12)8-16-9-11-5-6-17-13(7-11)14(15)18-20/h5-7,10,12,16,20H,3-4,8-9H2,1-2H3,(H2,15,18). The van der Waals surface area contributed by atoms with E-state index in [4.69, 9.17) is 10.9 Å². The Morgan fingerprint density at radius 3 is 3.05 bits per heavy atom. The van der Waals surface area contributed by atoms with Crippen LogP contribution >= 0.6 is 0 Å². The summed E-state index contributed by atoms with van der Waals surface area (Å²) in [4.78, 5) is 6.49. The van der Waals surface area contributed by atoms with E-state index in [-0.39, 0.29) is 5.84 Å². The van der Waals surface area contributed by atoms with E-state index in [0.29, 0.717) is 11.7 Å². The fraction of sp³-hybridized carbons (Fsp3) is 0.571. The molecule has 1 saturated carbocycles. The fourth-order valence-corrected chi connectivity index (χ4v) is 2.19. The first-order valence-corrected chi connectivity index (χ1v) is 6.97. The monoisotopic (exact) mass is 277 g/mol. The molecule has 1 unspecified atom stereocenters. The third-order valence-electron chi connectivity index (χ3n) is 3.78. The normalized spacial score (nSPS) is 17.4. The van der Waals surface area contributed by atoms with Gasteiger partial charge in [0.05, 0.1) is 0 Å². The quantitative estimate of drug-likeness (QED) is 0.296. The van der Waals surface area contributed by atoms with Crippen molar-refractivity contribution in [3.63, 3.8) is 0 Å². The molecule has 2 rings (SSSR count). The van der Waals surface area contributed by atoms with Crippen LogP contribution in [0.2, 0.25) is 0 Å². The lowest BCUT2D eigenvalue weighted by Crippen LogP contribution is -2.38. The Morgan fingerprint density at radius 2 is 2.40 bits per heavy atom. The molecular weight excluding hydrogens is 254 g/mol. The van der Waals surface area contributed by atoms with Gasteiger partial charge in [-0.3, -0.25) is 9.88 Å². The van der Waals surface area contributed by atoms with Gasteiger partial charge < -0.3 is 16.3 Å². The molecule has 0 bridgehead atoms. The zero-order chi connectivity index (χ0) is 14.5. The molecule has 0 aliphatic heterocycles. The summed E-state index contributed by atoms with van der Waals surface area (Å²) in [6, 6.07) is 5.06. The predicted molar refractivity (Wildman–Crippen MR) is 78.7 cm³/mol. The molecule has 0 saturated heterocycles. The third kappa shape index (κ3) is 3.91. The molecule has 6 nitrogen and oxygen atoms in total. The van der Waals surface area contributed by atoms with Gasteiger partial charge >= 0.3 is 0 Å². The maximum Gasteiger partial charge on any atom is 0.188 e. The van der Waals surface area contributed by atoms with E-state index in [9.17, 15) is 0 Å². The number of likely N-dealkylation sites (N-methyl/N-ethyl adjacent to an activating group) is 1. The Labute approximate surface area is 119 Å². The summed E-state index contributed by atoms with van der Waals surface area (Å²) in [5.74, 6) is 0.0358. The molecule has 0 amide bonds. The van der Waals surface area contributed by atoms with Crippen LogP contribution in [0.3, 0.4) is 0 Å². The van der Waals surface area contributed by atoms with E-state index in [1.165, 1.54) is 12.8 Å². The number of nitrogens with two attached hydrogens (primary N) is 1. The SMILES string of the molecule is CC(CNCc1ccnc(/C(N)=N/O)c1)N(C)C1CC1. The van der Waals surface area contributed by atoms with E-state index in [2.05, 4.69) is 34.3 Å². The van der Waals surface area contributed by atoms with E-state index in [1.807, 2.05) is 12.1 Å². The van der Waals surface area contributed by atoms with Gasteiger partial charge in [-0.15, -0.1) is 0 Å². The van der Waals surface area contributed by atoms with Gasteiger partial charge in [-0.2, -0.15) is 0 Å². The molecule has 0 radical (unpaired) electrons. The zero-order valence-electron chi connectivity index (χ0n) is 12.1. The van der Waals surface area contributed by atoms with Gasteiger partial charge in [-0.05, 0) is 44.5 Å². The number of hydrogen-bond acceptors (Lipinski definition) is 5. The molecular formula is C14H23N5O. The molecule has 20 heavy (non-hydrogen) atoms. The first-order chi connectivity index (χ1) is 9.61. The lowest BCUT2D eigenvalue weighted by atomic mass is 10.2. The molecule has 1 aliphatic carbocycles. The number of hydrogen-bond donors (Lipinski definition) is 3. The highest BCUT2D eigenvalue weighted by molar-refractivity contribution is 5.95. The number of rotatable bonds is 7. The van der Waals surface area contributed by atoms with Gasteiger partial charge in [0.2, 0.25) is 0 Å². The summed E-state index contributed by atoms with van der Waals surface area (Å²) in [5.41, 5.74) is 7.10. The van der Waals surface area contributed by atoms with Crippen LogP contribution in [-0.2, 0) is 6.54 Å². The smallest absolute Gasteiger partial charge is 0.188 e. The highest BCUT2D eigenvalue weighted by Crippen LogP contribution is 2.26. The largest absolute Gasteiger partial charge is 0.409 e. The average Bonchev–Trinajstić information content (AvgIpc) is 3.30. The van der Waals surface area contributed by atoms with Crippen LogP contribution in [0.25, 0.3) is 0 Å². The van der Waals surface area contributed by atoms with E-state index >= 15 is 0 Å². The maximum absolute atomic E-state index is 8.65. The van der Waals surface area contributed by atoms with Crippen molar-refractivity contribution in [3.8, 4) is 0 Å². The number of nitrogens with one attached hydrogen (secondary N) is 1. The summed E-state index contributed by atoms with van der Waals surface area (Å²) in [6.45, 7) is 3.92. The molecule has 6 heteroatoms. The second kappa shape index (κ2) is 6.67. The second-order valence-corrected chi connectivity index (χ2v) is 5.41. The minimum Gasteiger partial charge on any atom is -0.409 e. The average molecular weight is 277 g/mol. The molecule has 1 aliphatic rings. The number of oxime groups is 1. The molecule has 1 aromatic heterocycles. The lowest BCUT2D eigenvalue weighted by molar-refractivity contribution is 0.241. The van der Waals surface area contributed by atoms with Crippen molar-refractivity contribution in [1.29, 1.82) is 0 Å². The number of nitrogens with zero attached hydrogens (tertiary/aromatic N) is 3. The van der Waals surface area contributed by atoms with Crippen LogP contribution in [-0.4, -0.2) is 46.6 Å². The third-order valence-corrected chi connectivity index (χ3v) is 3.78. The van der Waals surface area contributed by atoms with Gasteiger partial charge in [-0.1, -0.05) is 5.16 Å². The molecule has 1 aromatic rings. The molecule has 1 atom stereocenters. The summed E-state index contributed by atoms with van der Waals surface area (Å²) >= 11 is 0. The van der Waals surface area contributed by atoms with Crippen molar-refractivity contribution < 1.29 is 5.21 Å². The number of pyridine rings is 1. The summed E-state index contributed by atoms with van der Waals surface area (Å²) in [5, 5.41) is 15.0. The molecule has 0 aromatic carbocycles.